The fourth-order valence-corrected chi connectivity index (χ4v) is 1.54. The Morgan fingerprint density at radius 3 is 2.87 bits per heavy atom. The van der Waals surface area contributed by atoms with E-state index in [2.05, 4.69) is 10.1 Å². The molecule has 0 spiro atoms. The Kier molecular flexibility index (Phi) is 2.32. The molecule has 1 heterocycles. The van der Waals surface area contributed by atoms with Crippen LogP contribution in [-0.2, 0) is 0 Å². The second-order valence-electron chi connectivity index (χ2n) is 3.06. The SMILES string of the molecule is COc1cc2nc(Cl)n[n+]([O-])c2cc1C. The molecule has 15 heavy (non-hydrogen) atoms. The summed E-state index contributed by atoms with van der Waals surface area (Å²) in [4.78, 5) is 4.40. The van der Waals surface area contributed by atoms with E-state index in [1.165, 1.54) is 0 Å². The second-order valence-corrected chi connectivity index (χ2v) is 3.40. The summed E-state index contributed by atoms with van der Waals surface area (Å²) in [7, 11) is 1.56. The van der Waals surface area contributed by atoms with Crippen molar-refractivity contribution in [1.82, 2.24) is 10.1 Å². The lowest BCUT2D eigenvalue weighted by Crippen LogP contribution is -2.32. The number of aromatic nitrogens is 3. The first-order valence-electron chi connectivity index (χ1n) is 4.23. The zero-order valence-electron chi connectivity index (χ0n) is 8.19. The fourth-order valence-electron chi connectivity index (χ4n) is 1.38. The van der Waals surface area contributed by atoms with Crippen LogP contribution in [-0.4, -0.2) is 17.2 Å². The Hall–Kier alpha value is -1.62. The van der Waals surface area contributed by atoms with Crippen molar-refractivity contribution >= 4 is 22.6 Å². The van der Waals surface area contributed by atoms with Crippen LogP contribution in [0.2, 0.25) is 5.28 Å². The van der Waals surface area contributed by atoms with Gasteiger partial charge in [-0.05, 0) is 28.9 Å². The maximum Gasteiger partial charge on any atom is 0.290 e. The Morgan fingerprint density at radius 2 is 2.20 bits per heavy atom. The number of halogens is 1. The predicted octanol–water partition coefficient (Wildman–Crippen LogP) is 1.23. The normalized spacial score (nSPS) is 10.6. The van der Waals surface area contributed by atoms with E-state index in [1.54, 1.807) is 19.2 Å². The van der Waals surface area contributed by atoms with E-state index >= 15 is 0 Å². The van der Waals surface area contributed by atoms with E-state index < -0.39 is 0 Å². The average molecular weight is 226 g/mol. The highest BCUT2D eigenvalue weighted by atomic mass is 35.5. The van der Waals surface area contributed by atoms with Crippen molar-refractivity contribution in [1.29, 1.82) is 0 Å². The van der Waals surface area contributed by atoms with Gasteiger partial charge in [-0.25, -0.2) is 4.98 Å². The predicted molar refractivity (Wildman–Crippen MR) is 54.8 cm³/mol. The van der Waals surface area contributed by atoms with Gasteiger partial charge >= 0.3 is 0 Å². The smallest absolute Gasteiger partial charge is 0.290 e. The first-order valence-corrected chi connectivity index (χ1v) is 4.61. The van der Waals surface area contributed by atoms with Crippen LogP contribution in [0.1, 0.15) is 5.56 Å². The van der Waals surface area contributed by atoms with Gasteiger partial charge in [0.15, 0.2) is 0 Å². The second kappa shape index (κ2) is 3.51. The van der Waals surface area contributed by atoms with Crippen molar-refractivity contribution in [3.8, 4) is 5.75 Å². The molecular weight excluding hydrogens is 218 g/mol. The first kappa shape index (κ1) is 9.92. The van der Waals surface area contributed by atoms with Crippen LogP contribution >= 0.6 is 11.6 Å². The molecule has 0 unspecified atom stereocenters. The van der Waals surface area contributed by atoms with E-state index in [4.69, 9.17) is 16.3 Å². The van der Waals surface area contributed by atoms with Crippen LogP contribution in [0.3, 0.4) is 0 Å². The van der Waals surface area contributed by atoms with Crippen molar-refractivity contribution in [2.45, 2.75) is 6.92 Å². The molecule has 78 valence electrons. The zero-order chi connectivity index (χ0) is 11.0. The van der Waals surface area contributed by atoms with E-state index in [-0.39, 0.29) is 5.28 Å². The summed E-state index contributed by atoms with van der Waals surface area (Å²) in [5.74, 6) is 0.664. The maximum atomic E-state index is 11.4. The van der Waals surface area contributed by atoms with Crippen LogP contribution in [0.5, 0.6) is 5.75 Å². The van der Waals surface area contributed by atoms with Crippen molar-refractivity contribution in [2.24, 2.45) is 0 Å². The molecular formula is C9H8ClN3O2. The van der Waals surface area contributed by atoms with Crippen molar-refractivity contribution < 1.29 is 9.58 Å². The number of hydrogen-bond acceptors (Lipinski definition) is 4. The molecule has 0 aliphatic carbocycles. The molecule has 6 heteroatoms. The lowest BCUT2D eigenvalue weighted by Gasteiger charge is -2.05. The molecule has 0 atom stereocenters. The molecule has 0 amide bonds. The summed E-state index contributed by atoms with van der Waals surface area (Å²) in [5.41, 5.74) is 1.69. The highest BCUT2D eigenvalue weighted by molar-refractivity contribution is 6.28. The molecule has 0 fully saturated rings. The largest absolute Gasteiger partial charge is 0.594 e. The molecule has 0 bridgehead atoms. The summed E-state index contributed by atoms with van der Waals surface area (Å²) in [6.45, 7) is 1.84. The van der Waals surface area contributed by atoms with Gasteiger partial charge in [-0.1, -0.05) is 0 Å². The minimum absolute atomic E-state index is 0.0802. The Morgan fingerprint density at radius 1 is 1.47 bits per heavy atom. The van der Waals surface area contributed by atoms with Gasteiger partial charge in [0.05, 0.1) is 7.11 Å². The van der Waals surface area contributed by atoms with Crippen molar-refractivity contribution in [3.63, 3.8) is 0 Å². The van der Waals surface area contributed by atoms with Gasteiger partial charge in [-0.15, -0.1) is 0 Å². The van der Waals surface area contributed by atoms with Gasteiger partial charge in [0.1, 0.15) is 11.3 Å². The maximum absolute atomic E-state index is 11.4. The van der Waals surface area contributed by atoms with Gasteiger partial charge < -0.3 is 9.94 Å². The Bertz CT molecular complexity index is 530. The number of aryl methyl sites for hydroxylation is 1. The lowest BCUT2D eigenvalue weighted by molar-refractivity contribution is -0.643. The Labute approximate surface area is 90.8 Å². The van der Waals surface area contributed by atoms with Crippen LogP contribution in [0.25, 0.3) is 11.0 Å². The van der Waals surface area contributed by atoms with Gasteiger partial charge in [0, 0.05) is 17.2 Å². The number of nitrogens with zero attached hydrogens (tertiary/aromatic N) is 3. The standard InChI is InChI=1S/C9H8ClN3O2/c1-5-3-7-6(4-8(5)15-2)11-9(10)12-13(7)14/h3-4H,1-2H3. The van der Waals surface area contributed by atoms with Crippen molar-refractivity contribution in [3.05, 3.63) is 28.2 Å². The summed E-state index contributed by atoms with van der Waals surface area (Å²) >= 11 is 5.58. The number of ether oxygens (including phenoxy) is 1. The van der Waals surface area contributed by atoms with Gasteiger partial charge in [0.2, 0.25) is 0 Å². The Balaban J connectivity index is 2.81. The van der Waals surface area contributed by atoms with Crippen LogP contribution in [0.15, 0.2) is 12.1 Å². The van der Waals surface area contributed by atoms with Crippen LogP contribution in [0.4, 0.5) is 0 Å². The minimum atomic E-state index is -0.0802. The lowest BCUT2D eigenvalue weighted by atomic mass is 10.2. The minimum Gasteiger partial charge on any atom is -0.594 e. The first-order chi connectivity index (χ1) is 7.11. The molecule has 2 rings (SSSR count). The summed E-state index contributed by atoms with van der Waals surface area (Å²) < 4.78 is 5.12. The number of fused-ring (bicyclic) bond motifs is 1. The summed E-state index contributed by atoms with van der Waals surface area (Å²) in [6, 6.07) is 3.32. The average Bonchev–Trinajstić information content (AvgIpc) is 2.18. The summed E-state index contributed by atoms with van der Waals surface area (Å²) in [6.07, 6.45) is 0. The fraction of sp³-hybridized carbons (Fsp3) is 0.222. The van der Waals surface area contributed by atoms with E-state index in [1.807, 2.05) is 6.92 Å². The van der Waals surface area contributed by atoms with Crippen LogP contribution < -0.4 is 9.58 Å². The molecule has 0 saturated heterocycles. The molecule has 2 aromatic rings. The monoisotopic (exact) mass is 225 g/mol. The molecule has 0 N–H and O–H groups in total. The topological polar surface area (TPSA) is 62.0 Å². The molecule has 1 aromatic heterocycles. The van der Waals surface area contributed by atoms with Crippen LogP contribution in [0, 0.1) is 12.1 Å². The van der Waals surface area contributed by atoms with E-state index in [0.29, 0.717) is 21.6 Å². The quantitative estimate of drug-likeness (QED) is 0.541. The van der Waals surface area contributed by atoms with E-state index in [9.17, 15) is 5.21 Å². The number of rotatable bonds is 1. The highest BCUT2D eigenvalue weighted by Crippen LogP contribution is 2.22. The molecule has 0 aliphatic heterocycles. The number of benzene rings is 1. The van der Waals surface area contributed by atoms with E-state index in [0.717, 1.165) is 5.56 Å². The third-order valence-corrected chi connectivity index (χ3v) is 2.24. The molecule has 0 saturated carbocycles. The zero-order valence-corrected chi connectivity index (χ0v) is 8.95. The third-order valence-electron chi connectivity index (χ3n) is 2.08. The molecule has 1 aromatic carbocycles. The molecule has 5 nitrogen and oxygen atoms in total. The highest BCUT2D eigenvalue weighted by Gasteiger charge is 2.12. The number of hydrogen-bond donors (Lipinski definition) is 0. The molecule has 0 aliphatic rings. The van der Waals surface area contributed by atoms with Gasteiger partial charge in [0.25, 0.3) is 10.8 Å². The third kappa shape index (κ3) is 1.66. The number of methoxy groups -OCH3 is 1. The van der Waals surface area contributed by atoms with Gasteiger partial charge in [-0.2, -0.15) is 0 Å². The summed E-state index contributed by atoms with van der Waals surface area (Å²) in [5, 5.41) is 14.8. The molecule has 0 radical (unpaired) electrons. The van der Waals surface area contributed by atoms with Gasteiger partial charge in [-0.3, -0.25) is 0 Å². The van der Waals surface area contributed by atoms with Crippen molar-refractivity contribution in [2.75, 3.05) is 7.11 Å².